The molecule has 0 saturated heterocycles. The molecular formula is C26H21N5O. The number of likely N-dealkylation sites (N-methyl/N-ethyl adjacent to an activating group) is 1. The van der Waals surface area contributed by atoms with Crippen molar-refractivity contribution >= 4 is 45.2 Å². The Balaban J connectivity index is 1.58. The monoisotopic (exact) mass is 419 g/mol. The van der Waals surface area contributed by atoms with Crippen LogP contribution >= 0.6 is 0 Å². The van der Waals surface area contributed by atoms with Crippen LogP contribution in [0.25, 0.3) is 27.6 Å². The normalized spacial score (nSPS) is 20.8. The fourth-order valence-electron chi connectivity index (χ4n) is 5.51. The molecule has 0 saturated carbocycles. The Morgan fingerprint density at radius 3 is 2.56 bits per heavy atom. The molecule has 1 unspecified atom stereocenters. The van der Waals surface area contributed by atoms with Gasteiger partial charge >= 0.3 is 0 Å². The molecule has 6 heteroatoms. The van der Waals surface area contributed by atoms with Crippen molar-refractivity contribution in [2.75, 3.05) is 11.9 Å². The molecule has 0 amide bonds. The number of ether oxygens (including phenoxy) is 1. The third-order valence-corrected chi connectivity index (χ3v) is 7.23. The van der Waals surface area contributed by atoms with Crippen LogP contribution in [0.3, 0.4) is 0 Å². The van der Waals surface area contributed by atoms with Gasteiger partial charge in [-0.1, -0.05) is 42.5 Å². The van der Waals surface area contributed by atoms with Crippen LogP contribution < -0.4 is 9.64 Å². The predicted molar refractivity (Wildman–Crippen MR) is 127 cm³/mol. The lowest BCUT2D eigenvalue weighted by Crippen LogP contribution is -2.61. The topological polar surface area (TPSA) is 55.0 Å². The van der Waals surface area contributed by atoms with E-state index >= 15 is 0 Å². The molecule has 0 N–H and O–H groups in total. The Kier molecular flexibility index (Phi) is 3.13. The Labute approximate surface area is 184 Å². The number of anilines is 1. The Morgan fingerprint density at radius 1 is 0.938 bits per heavy atom. The maximum Gasteiger partial charge on any atom is 0.234 e. The summed E-state index contributed by atoms with van der Waals surface area (Å²) in [4.78, 5) is 16.6. The van der Waals surface area contributed by atoms with Crippen molar-refractivity contribution < 1.29 is 4.74 Å². The highest BCUT2D eigenvalue weighted by molar-refractivity contribution is 6.15. The average Bonchev–Trinajstić information content (AvgIpc) is 3.29. The SMILES string of the molecule is CN1c2ccccc2C(C)(C)C12C=Nc1c(c3ccccc3c3nc4ncccn4c13)O2. The Morgan fingerprint density at radius 2 is 1.72 bits per heavy atom. The summed E-state index contributed by atoms with van der Waals surface area (Å²) >= 11 is 0. The van der Waals surface area contributed by atoms with Crippen molar-refractivity contribution in [3.8, 4) is 5.75 Å². The summed E-state index contributed by atoms with van der Waals surface area (Å²) in [5, 5.41) is 2.05. The van der Waals surface area contributed by atoms with Gasteiger partial charge in [-0.3, -0.25) is 4.40 Å². The maximum atomic E-state index is 7.05. The van der Waals surface area contributed by atoms with E-state index in [4.69, 9.17) is 14.7 Å². The molecule has 7 rings (SSSR count). The van der Waals surface area contributed by atoms with Crippen LogP contribution in [-0.2, 0) is 5.41 Å². The highest BCUT2D eigenvalue weighted by Crippen LogP contribution is 2.55. The minimum atomic E-state index is -0.737. The molecule has 2 aliphatic heterocycles. The summed E-state index contributed by atoms with van der Waals surface area (Å²) in [6, 6.07) is 18.7. The molecule has 0 fully saturated rings. The van der Waals surface area contributed by atoms with Gasteiger partial charge in [0, 0.05) is 35.9 Å². The molecule has 32 heavy (non-hydrogen) atoms. The molecular weight excluding hydrogens is 398 g/mol. The highest BCUT2D eigenvalue weighted by atomic mass is 16.5. The van der Waals surface area contributed by atoms with E-state index in [1.807, 2.05) is 35.0 Å². The number of rotatable bonds is 0. The first-order chi connectivity index (χ1) is 15.5. The van der Waals surface area contributed by atoms with Crippen molar-refractivity contribution in [1.82, 2.24) is 14.4 Å². The fraction of sp³-hybridized carbons (Fsp3) is 0.192. The summed E-state index contributed by atoms with van der Waals surface area (Å²) < 4.78 is 9.04. The second-order valence-corrected chi connectivity index (χ2v) is 9.08. The predicted octanol–water partition coefficient (Wildman–Crippen LogP) is 5.25. The van der Waals surface area contributed by atoms with Gasteiger partial charge in [-0.05, 0) is 31.5 Å². The molecule has 3 aromatic carbocycles. The average molecular weight is 419 g/mol. The Hall–Kier alpha value is -3.93. The lowest BCUT2D eigenvalue weighted by molar-refractivity contribution is 0.0843. The molecule has 4 heterocycles. The zero-order valence-corrected chi connectivity index (χ0v) is 18.1. The molecule has 2 aliphatic rings. The molecule has 0 aliphatic carbocycles. The van der Waals surface area contributed by atoms with Crippen LogP contribution in [0.2, 0.25) is 0 Å². The van der Waals surface area contributed by atoms with Gasteiger partial charge in [-0.15, -0.1) is 0 Å². The zero-order valence-electron chi connectivity index (χ0n) is 18.1. The summed E-state index contributed by atoms with van der Waals surface area (Å²) in [6.07, 6.45) is 5.71. The minimum absolute atomic E-state index is 0.309. The lowest BCUT2D eigenvalue weighted by atomic mass is 9.77. The third-order valence-electron chi connectivity index (χ3n) is 7.23. The van der Waals surface area contributed by atoms with Gasteiger partial charge in [0.05, 0.1) is 11.6 Å². The molecule has 2 aromatic heterocycles. The van der Waals surface area contributed by atoms with Gasteiger partial charge < -0.3 is 9.64 Å². The van der Waals surface area contributed by atoms with E-state index in [-0.39, 0.29) is 5.41 Å². The zero-order chi connectivity index (χ0) is 21.7. The van der Waals surface area contributed by atoms with Crippen molar-refractivity contribution in [2.45, 2.75) is 25.0 Å². The molecule has 156 valence electrons. The number of aliphatic imine (C=N–C) groups is 1. The first-order valence-corrected chi connectivity index (χ1v) is 10.8. The molecule has 1 atom stereocenters. The summed E-state index contributed by atoms with van der Waals surface area (Å²) in [5.74, 6) is 1.44. The number of nitrogens with zero attached hydrogens (tertiary/aromatic N) is 5. The number of hydrogen-bond acceptors (Lipinski definition) is 5. The van der Waals surface area contributed by atoms with E-state index < -0.39 is 5.72 Å². The van der Waals surface area contributed by atoms with Gasteiger partial charge in [-0.2, -0.15) is 0 Å². The summed E-state index contributed by atoms with van der Waals surface area (Å²) in [7, 11) is 2.09. The van der Waals surface area contributed by atoms with Crippen molar-refractivity contribution in [3.63, 3.8) is 0 Å². The second-order valence-electron chi connectivity index (χ2n) is 9.08. The minimum Gasteiger partial charge on any atom is -0.459 e. The number of aromatic nitrogens is 3. The van der Waals surface area contributed by atoms with E-state index in [2.05, 4.69) is 67.2 Å². The number of benzene rings is 3. The number of imidazole rings is 1. The van der Waals surface area contributed by atoms with Crippen LogP contribution in [0.5, 0.6) is 5.75 Å². The molecule has 6 nitrogen and oxygen atoms in total. The summed E-state index contributed by atoms with van der Waals surface area (Å²) in [6.45, 7) is 4.45. The van der Waals surface area contributed by atoms with E-state index in [9.17, 15) is 0 Å². The molecule has 5 aromatic rings. The van der Waals surface area contributed by atoms with Gasteiger partial charge in [0.2, 0.25) is 11.5 Å². The van der Waals surface area contributed by atoms with Gasteiger partial charge in [-0.25, -0.2) is 15.0 Å². The molecule has 0 radical (unpaired) electrons. The highest BCUT2D eigenvalue weighted by Gasteiger charge is 2.58. The van der Waals surface area contributed by atoms with E-state index in [1.165, 1.54) is 5.56 Å². The fourth-order valence-corrected chi connectivity index (χ4v) is 5.51. The van der Waals surface area contributed by atoms with Crippen molar-refractivity contribution in [2.24, 2.45) is 4.99 Å². The van der Waals surface area contributed by atoms with Crippen LogP contribution in [-0.4, -0.2) is 33.4 Å². The van der Waals surface area contributed by atoms with Crippen LogP contribution in [0.1, 0.15) is 19.4 Å². The van der Waals surface area contributed by atoms with Crippen LogP contribution in [0.4, 0.5) is 11.4 Å². The Bertz CT molecular complexity index is 1620. The number of hydrogen-bond donors (Lipinski definition) is 0. The number of fused-ring (bicyclic) bond motifs is 9. The quantitative estimate of drug-likeness (QED) is 0.344. The summed E-state index contributed by atoms with van der Waals surface area (Å²) in [5.41, 5.74) is 3.97. The van der Waals surface area contributed by atoms with Crippen LogP contribution in [0.15, 0.2) is 72.0 Å². The van der Waals surface area contributed by atoms with E-state index in [0.717, 1.165) is 38.9 Å². The van der Waals surface area contributed by atoms with Gasteiger partial charge in [0.25, 0.3) is 0 Å². The van der Waals surface area contributed by atoms with Crippen molar-refractivity contribution in [3.05, 3.63) is 72.6 Å². The van der Waals surface area contributed by atoms with Gasteiger partial charge in [0.15, 0.2) is 5.75 Å². The van der Waals surface area contributed by atoms with Gasteiger partial charge in [0.1, 0.15) is 16.7 Å². The van der Waals surface area contributed by atoms with Crippen LogP contribution in [0, 0.1) is 0 Å². The lowest BCUT2D eigenvalue weighted by Gasteiger charge is -2.45. The van der Waals surface area contributed by atoms with Crippen molar-refractivity contribution in [1.29, 1.82) is 0 Å². The smallest absolute Gasteiger partial charge is 0.234 e. The second kappa shape index (κ2) is 5.65. The first-order valence-electron chi connectivity index (χ1n) is 10.8. The standard InChI is InChI=1S/C26H21N5O/c1-25(2)18-11-6-7-12-19(18)30(3)26(25)15-28-21-22-20(29-24-27-13-8-14-31(22)24)16-9-4-5-10-17(16)23(21)32-26/h4-15H,1-3H3. The number of para-hydroxylation sites is 1. The molecule has 0 bridgehead atoms. The third kappa shape index (κ3) is 1.89. The van der Waals surface area contributed by atoms with E-state index in [1.54, 1.807) is 6.20 Å². The van der Waals surface area contributed by atoms with E-state index in [0.29, 0.717) is 5.78 Å². The maximum absolute atomic E-state index is 7.05. The largest absolute Gasteiger partial charge is 0.459 e. The first kappa shape index (κ1) is 17.7. The molecule has 1 spiro atoms.